The van der Waals surface area contributed by atoms with Crippen LogP contribution in [-0.2, 0) is 10.0 Å². The van der Waals surface area contributed by atoms with E-state index in [9.17, 15) is 13.2 Å². The van der Waals surface area contributed by atoms with Gasteiger partial charge in [-0.2, -0.15) is 0 Å². The lowest BCUT2D eigenvalue weighted by Gasteiger charge is -2.35. The maximum atomic E-state index is 12.6. The summed E-state index contributed by atoms with van der Waals surface area (Å²) in [6.07, 6.45) is 3.95. The molecule has 1 saturated heterocycles. The van der Waals surface area contributed by atoms with Gasteiger partial charge in [0.25, 0.3) is 5.91 Å². The molecule has 0 N–H and O–H groups in total. The summed E-state index contributed by atoms with van der Waals surface area (Å²) in [7, 11) is -1.62. The summed E-state index contributed by atoms with van der Waals surface area (Å²) in [6.45, 7) is 1.02. The van der Waals surface area contributed by atoms with E-state index in [1.165, 1.54) is 16.8 Å². The Hall–Kier alpha value is -2.06. The molecular formula is C16H20N4O3S. The lowest BCUT2D eigenvalue weighted by atomic mass is 10.1. The molecule has 0 aliphatic carbocycles. The number of carbonyl (C=O) groups is 1. The van der Waals surface area contributed by atoms with Crippen LogP contribution in [0.5, 0.6) is 0 Å². The highest BCUT2D eigenvalue weighted by Crippen LogP contribution is 2.19. The number of sulfonamides is 1. The van der Waals surface area contributed by atoms with Crippen molar-refractivity contribution in [3.8, 4) is 0 Å². The third-order valence-corrected chi connectivity index (χ3v) is 5.80. The molecule has 8 heteroatoms. The maximum Gasteiger partial charge on any atom is 0.274 e. The minimum Gasteiger partial charge on any atom is -0.337 e. The summed E-state index contributed by atoms with van der Waals surface area (Å²) in [5.74, 6) is -0.159. The SMILES string of the molecule is CN(C1CCN(C(=O)c2cnc3ccccc3n2)CC1)S(C)(=O)=O. The molecule has 128 valence electrons. The van der Waals surface area contributed by atoms with Gasteiger partial charge in [0.05, 0.1) is 23.5 Å². The van der Waals surface area contributed by atoms with E-state index in [1.54, 1.807) is 11.9 Å². The van der Waals surface area contributed by atoms with Crippen molar-refractivity contribution in [2.24, 2.45) is 0 Å². The van der Waals surface area contributed by atoms with E-state index in [1.807, 2.05) is 24.3 Å². The zero-order valence-electron chi connectivity index (χ0n) is 13.7. The predicted octanol–water partition coefficient (Wildman–Crippen LogP) is 1.13. The molecule has 1 fully saturated rings. The van der Waals surface area contributed by atoms with Crippen molar-refractivity contribution in [2.45, 2.75) is 18.9 Å². The molecular weight excluding hydrogens is 328 g/mol. The number of rotatable bonds is 3. The van der Waals surface area contributed by atoms with Gasteiger partial charge in [0, 0.05) is 26.2 Å². The van der Waals surface area contributed by atoms with Crippen molar-refractivity contribution in [1.82, 2.24) is 19.2 Å². The van der Waals surface area contributed by atoms with Crippen molar-refractivity contribution in [3.63, 3.8) is 0 Å². The van der Waals surface area contributed by atoms with Gasteiger partial charge in [-0.05, 0) is 25.0 Å². The average Bonchev–Trinajstić information content (AvgIpc) is 2.59. The fourth-order valence-corrected chi connectivity index (χ4v) is 3.68. The molecule has 3 rings (SSSR count). The minimum atomic E-state index is -3.21. The van der Waals surface area contributed by atoms with Crippen molar-refractivity contribution < 1.29 is 13.2 Å². The summed E-state index contributed by atoms with van der Waals surface area (Å²) in [5.41, 5.74) is 1.76. The lowest BCUT2D eigenvalue weighted by molar-refractivity contribution is 0.0680. The molecule has 0 atom stereocenters. The van der Waals surface area contributed by atoms with Gasteiger partial charge in [0.15, 0.2) is 0 Å². The summed E-state index contributed by atoms with van der Waals surface area (Å²) < 4.78 is 24.6. The molecule has 1 aliphatic heterocycles. The van der Waals surface area contributed by atoms with Gasteiger partial charge in [-0.15, -0.1) is 0 Å². The maximum absolute atomic E-state index is 12.6. The summed E-state index contributed by atoms with van der Waals surface area (Å²) >= 11 is 0. The highest BCUT2D eigenvalue weighted by atomic mass is 32.2. The van der Waals surface area contributed by atoms with Crippen LogP contribution in [0, 0.1) is 0 Å². The molecule has 24 heavy (non-hydrogen) atoms. The van der Waals surface area contributed by atoms with Crippen LogP contribution in [0.1, 0.15) is 23.3 Å². The van der Waals surface area contributed by atoms with Crippen molar-refractivity contribution in [1.29, 1.82) is 0 Å². The fraction of sp³-hybridized carbons (Fsp3) is 0.438. The van der Waals surface area contributed by atoms with Gasteiger partial charge < -0.3 is 4.90 Å². The molecule has 0 bridgehead atoms. The molecule has 1 amide bonds. The van der Waals surface area contributed by atoms with Crippen LogP contribution in [0.3, 0.4) is 0 Å². The van der Waals surface area contributed by atoms with Gasteiger partial charge >= 0.3 is 0 Å². The molecule has 1 aliphatic rings. The van der Waals surface area contributed by atoms with E-state index >= 15 is 0 Å². The number of aromatic nitrogens is 2. The Morgan fingerprint density at radius 3 is 2.46 bits per heavy atom. The Labute approximate surface area is 141 Å². The van der Waals surface area contributed by atoms with Crippen LogP contribution in [-0.4, -0.2) is 65.9 Å². The topological polar surface area (TPSA) is 83.5 Å². The van der Waals surface area contributed by atoms with Gasteiger partial charge in [0.2, 0.25) is 10.0 Å². The van der Waals surface area contributed by atoms with Crippen LogP contribution in [0.4, 0.5) is 0 Å². The monoisotopic (exact) mass is 348 g/mol. The minimum absolute atomic E-state index is 0.0632. The number of benzene rings is 1. The summed E-state index contributed by atoms with van der Waals surface area (Å²) in [5, 5.41) is 0. The Morgan fingerprint density at radius 1 is 1.21 bits per heavy atom. The second kappa shape index (κ2) is 6.45. The number of hydrogen-bond acceptors (Lipinski definition) is 5. The van der Waals surface area contributed by atoms with E-state index in [0.717, 1.165) is 5.52 Å². The van der Waals surface area contributed by atoms with E-state index < -0.39 is 10.0 Å². The smallest absolute Gasteiger partial charge is 0.274 e. The third kappa shape index (κ3) is 3.39. The molecule has 1 aromatic heterocycles. The number of nitrogens with zero attached hydrogens (tertiary/aromatic N) is 4. The van der Waals surface area contributed by atoms with E-state index in [-0.39, 0.29) is 11.9 Å². The highest BCUT2D eigenvalue weighted by molar-refractivity contribution is 7.88. The van der Waals surface area contributed by atoms with Crippen LogP contribution in [0.25, 0.3) is 11.0 Å². The first-order valence-corrected chi connectivity index (χ1v) is 9.65. The molecule has 0 unspecified atom stereocenters. The normalized spacial score (nSPS) is 16.7. The number of piperidine rings is 1. The van der Waals surface area contributed by atoms with Gasteiger partial charge in [0.1, 0.15) is 5.69 Å². The number of likely N-dealkylation sites (tertiary alicyclic amines) is 1. The number of hydrogen-bond donors (Lipinski definition) is 0. The molecule has 0 spiro atoms. The first-order valence-electron chi connectivity index (χ1n) is 7.80. The molecule has 2 aromatic rings. The molecule has 2 heterocycles. The molecule has 7 nitrogen and oxygen atoms in total. The highest BCUT2D eigenvalue weighted by Gasteiger charge is 2.29. The third-order valence-electron chi connectivity index (χ3n) is 4.46. The molecule has 0 radical (unpaired) electrons. The first-order chi connectivity index (χ1) is 11.4. The lowest BCUT2D eigenvalue weighted by Crippen LogP contribution is -2.47. The Balaban J connectivity index is 1.70. The van der Waals surface area contributed by atoms with Crippen molar-refractivity contribution in [2.75, 3.05) is 26.4 Å². The quantitative estimate of drug-likeness (QED) is 0.830. The number of amides is 1. The Bertz CT molecular complexity index is 861. The van der Waals surface area contributed by atoms with Crippen LogP contribution in [0.2, 0.25) is 0 Å². The fourth-order valence-electron chi connectivity index (χ4n) is 2.93. The van der Waals surface area contributed by atoms with Crippen molar-refractivity contribution in [3.05, 3.63) is 36.2 Å². The average molecular weight is 348 g/mol. The number of fused-ring (bicyclic) bond motifs is 1. The van der Waals surface area contributed by atoms with Crippen molar-refractivity contribution >= 4 is 27.0 Å². The number of carbonyl (C=O) groups excluding carboxylic acids is 1. The van der Waals surface area contributed by atoms with E-state index in [0.29, 0.717) is 37.1 Å². The van der Waals surface area contributed by atoms with Crippen LogP contribution < -0.4 is 0 Å². The second-order valence-electron chi connectivity index (χ2n) is 6.05. The van der Waals surface area contributed by atoms with Gasteiger partial charge in [-0.3, -0.25) is 9.78 Å². The Morgan fingerprint density at radius 2 is 1.83 bits per heavy atom. The second-order valence-corrected chi connectivity index (χ2v) is 8.09. The summed E-state index contributed by atoms with van der Waals surface area (Å²) in [6, 6.07) is 7.35. The standard InChI is InChI=1S/C16H20N4O3S/c1-19(24(2,22)23)12-7-9-20(10-8-12)16(21)15-11-17-13-5-3-4-6-14(13)18-15/h3-6,11-12H,7-10H2,1-2H3. The summed E-state index contributed by atoms with van der Waals surface area (Å²) in [4.78, 5) is 23.0. The van der Waals surface area contributed by atoms with Gasteiger partial charge in [-0.1, -0.05) is 12.1 Å². The predicted molar refractivity (Wildman–Crippen MR) is 91.1 cm³/mol. The number of para-hydroxylation sites is 2. The van der Waals surface area contributed by atoms with Crippen LogP contribution >= 0.6 is 0 Å². The molecule has 0 saturated carbocycles. The van der Waals surface area contributed by atoms with E-state index in [2.05, 4.69) is 9.97 Å². The van der Waals surface area contributed by atoms with Gasteiger partial charge in [-0.25, -0.2) is 17.7 Å². The van der Waals surface area contributed by atoms with E-state index in [4.69, 9.17) is 0 Å². The van der Waals surface area contributed by atoms with Crippen LogP contribution in [0.15, 0.2) is 30.5 Å². The zero-order chi connectivity index (χ0) is 17.3. The zero-order valence-corrected chi connectivity index (χ0v) is 14.5. The largest absolute Gasteiger partial charge is 0.337 e. The molecule has 1 aromatic carbocycles. The Kier molecular flexibility index (Phi) is 4.51. The first kappa shape index (κ1) is 16.8.